The molecule has 49 heavy (non-hydrogen) atoms. The van der Waals surface area contributed by atoms with Gasteiger partial charge in [-0.2, -0.15) is 58.7 Å². The van der Waals surface area contributed by atoms with Crippen LogP contribution in [0.15, 0.2) is 97.2 Å². The molecule has 8 nitrogen and oxygen atoms in total. The first-order valence-electron chi connectivity index (χ1n) is 15.7. The van der Waals surface area contributed by atoms with Gasteiger partial charge in [-0.1, -0.05) is 93.7 Å². The minimum atomic E-state index is 0. The Bertz CT molecular complexity index is 2210. The van der Waals surface area contributed by atoms with Crippen LogP contribution in [0.3, 0.4) is 0 Å². The Morgan fingerprint density at radius 1 is 0.653 bits per heavy atom. The fourth-order valence-corrected chi connectivity index (χ4v) is 5.63. The Morgan fingerprint density at radius 2 is 1.14 bits per heavy atom. The van der Waals surface area contributed by atoms with Crippen molar-refractivity contribution in [2.45, 2.75) is 34.6 Å². The zero-order chi connectivity index (χ0) is 33.8. The van der Waals surface area contributed by atoms with E-state index in [0.717, 1.165) is 28.1 Å². The summed E-state index contributed by atoms with van der Waals surface area (Å²) in [5.74, 6) is 1.27. The number of fused-ring (bicyclic) bond motifs is 2. The van der Waals surface area contributed by atoms with Crippen molar-refractivity contribution in [3.8, 4) is 22.9 Å². The van der Waals surface area contributed by atoms with Gasteiger partial charge in [0.15, 0.2) is 0 Å². The Balaban J connectivity index is 0.000000145. The van der Waals surface area contributed by atoms with Crippen molar-refractivity contribution in [2.75, 3.05) is 0 Å². The summed E-state index contributed by atoms with van der Waals surface area (Å²) in [5, 5.41) is 7.65. The van der Waals surface area contributed by atoms with Crippen LogP contribution in [0.1, 0.15) is 28.1 Å². The van der Waals surface area contributed by atoms with Crippen LogP contribution < -0.4 is 14.2 Å². The number of rotatable bonds is 3. The molecule has 9 heteroatoms. The number of benzene rings is 4. The van der Waals surface area contributed by atoms with Crippen LogP contribution in [0, 0.1) is 59.4 Å². The fourth-order valence-electron chi connectivity index (χ4n) is 5.63. The van der Waals surface area contributed by atoms with E-state index in [9.17, 15) is 0 Å². The number of nitrogens with zero attached hydrogens (tertiary/aromatic N) is 8. The van der Waals surface area contributed by atoms with Crippen LogP contribution >= 0.6 is 0 Å². The van der Waals surface area contributed by atoms with E-state index < -0.39 is 0 Å². The summed E-state index contributed by atoms with van der Waals surface area (Å²) in [7, 11) is 4.03. The molecule has 8 aromatic rings. The first kappa shape index (κ1) is 35.1. The van der Waals surface area contributed by atoms with Gasteiger partial charge in [0.05, 0.1) is 41.9 Å². The molecule has 249 valence electrons. The predicted molar refractivity (Wildman–Crippen MR) is 187 cm³/mol. The van der Waals surface area contributed by atoms with E-state index in [0.29, 0.717) is 11.6 Å². The molecule has 0 unspecified atom stereocenters. The number of aromatic nitrogens is 8. The van der Waals surface area contributed by atoms with Crippen molar-refractivity contribution in [3.05, 3.63) is 150 Å². The molecule has 0 aliphatic carbocycles. The molecule has 0 saturated heterocycles. The van der Waals surface area contributed by atoms with Crippen LogP contribution in [-0.4, -0.2) is 24.2 Å². The van der Waals surface area contributed by atoms with Gasteiger partial charge < -0.3 is 28.4 Å². The third-order valence-electron chi connectivity index (χ3n) is 7.87. The van der Waals surface area contributed by atoms with E-state index in [4.69, 9.17) is 0 Å². The summed E-state index contributed by atoms with van der Waals surface area (Å²) in [4.78, 5) is 8.19. The smallest absolute Gasteiger partial charge is 0.242 e. The second kappa shape index (κ2) is 15.3. The largest absolute Gasteiger partial charge is 0.421 e. The van der Waals surface area contributed by atoms with E-state index in [2.05, 4.69) is 130 Å². The van der Waals surface area contributed by atoms with Gasteiger partial charge in [0, 0.05) is 32.1 Å². The number of imidazole rings is 2. The molecule has 0 aliphatic heterocycles. The summed E-state index contributed by atoms with van der Waals surface area (Å²) in [6.07, 6.45) is 8.37. The van der Waals surface area contributed by atoms with E-state index in [1.807, 2.05) is 65.7 Å². The zero-order valence-electron chi connectivity index (χ0n) is 28.6. The maximum atomic E-state index is 4.10. The molecule has 0 aliphatic rings. The average molecular weight is 822 g/mol. The maximum absolute atomic E-state index is 4.10. The standard InChI is InChI=1S/2C16H15N2.C8H7N4.Ir/c2*1-12-8-9-14(13(2)10-12)18-11-17(3)15-6-4-5-7-16(15)18;1-6-10-8(12-11-6)7-4-2-3-5-9-7;/h2*4-8,10H,1-3H3;2-5H,1H3;/q3*-1;. The van der Waals surface area contributed by atoms with Crippen molar-refractivity contribution in [2.24, 2.45) is 14.1 Å². The number of hydrogen-bond donors (Lipinski definition) is 0. The SMILES string of the molecule is Cc1c[c-]c(-n2[c-][n+](C)c3ccccc32)c(C)c1.Cc1c[c-]c(-n2[c-][n+](C)c3ccccc32)c(C)c1.Cc1n[n-]c(-c2ccccn2)n1.[Ir]. The number of hydrogen-bond acceptors (Lipinski definition) is 3. The minimum Gasteiger partial charge on any atom is -0.421 e. The molecule has 0 bridgehead atoms. The first-order chi connectivity index (χ1) is 23.2. The summed E-state index contributed by atoms with van der Waals surface area (Å²) in [6, 6.07) is 37.3. The van der Waals surface area contributed by atoms with Crippen LogP contribution in [0.5, 0.6) is 0 Å². The molecule has 0 saturated carbocycles. The van der Waals surface area contributed by atoms with Gasteiger partial charge >= 0.3 is 0 Å². The van der Waals surface area contributed by atoms with E-state index in [-0.39, 0.29) is 20.1 Å². The molecule has 0 spiro atoms. The Hall–Kier alpha value is -5.24. The zero-order valence-corrected chi connectivity index (χ0v) is 31.0. The molecule has 0 atom stereocenters. The van der Waals surface area contributed by atoms with Crippen LogP contribution in [0.25, 0.3) is 45.0 Å². The third kappa shape index (κ3) is 7.75. The second-order valence-corrected chi connectivity index (χ2v) is 11.8. The Labute approximate surface area is 301 Å². The average Bonchev–Trinajstić information content (AvgIpc) is 3.77. The fraction of sp³-hybridized carbons (Fsp3) is 0.175. The molecule has 4 heterocycles. The number of aryl methyl sites for hydroxylation is 7. The van der Waals surface area contributed by atoms with Gasteiger partial charge in [-0.3, -0.25) is 10.1 Å². The van der Waals surface area contributed by atoms with Gasteiger partial charge in [-0.05, 0) is 24.9 Å². The normalized spacial score (nSPS) is 10.6. The molecule has 8 rings (SSSR count). The molecule has 0 N–H and O–H groups in total. The predicted octanol–water partition coefficient (Wildman–Crippen LogP) is 6.15. The number of para-hydroxylation sites is 4. The quantitative estimate of drug-likeness (QED) is 0.159. The summed E-state index contributed by atoms with van der Waals surface area (Å²) >= 11 is 0. The minimum absolute atomic E-state index is 0. The van der Waals surface area contributed by atoms with E-state index in [1.165, 1.54) is 33.3 Å². The second-order valence-electron chi connectivity index (χ2n) is 11.8. The van der Waals surface area contributed by atoms with Gasteiger partial charge in [-0.25, -0.2) is 0 Å². The number of pyridine rings is 1. The molecule has 0 amide bonds. The maximum Gasteiger partial charge on any atom is 0.242 e. The first-order valence-corrected chi connectivity index (χ1v) is 15.7. The van der Waals surface area contributed by atoms with Crippen LogP contribution in [-0.2, 0) is 34.2 Å². The van der Waals surface area contributed by atoms with Crippen LogP contribution in [0.2, 0.25) is 0 Å². The summed E-state index contributed by atoms with van der Waals surface area (Å²) in [6.45, 7) is 10.2. The van der Waals surface area contributed by atoms with Gasteiger partial charge in [0.2, 0.25) is 12.7 Å². The van der Waals surface area contributed by atoms with Gasteiger partial charge in [0.25, 0.3) is 0 Å². The summed E-state index contributed by atoms with van der Waals surface area (Å²) in [5.41, 5.74) is 12.4. The van der Waals surface area contributed by atoms with Crippen molar-refractivity contribution in [1.29, 1.82) is 0 Å². The third-order valence-corrected chi connectivity index (χ3v) is 7.87. The van der Waals surface area contributed by atoms with Crippen molar-refractivity contribution in [1.82, 2.24) is 29.3 Å². The topological polar surface area (TPSA) is 70.4 Å². The van der Waals surface area contributed by atoms with Crippen molar-refractivity contribution >= 4 is 22.1 Å². The van der Waals surface area contributed by atoms with Crippen molar-refractivity contribution in [3.63, 3.8) is 0 Å². The summed E-state index contributed by atoms with van der Waals surface area (Å²) < 4.78 is 8.18. The van der Waals surface area contributed by atoms with Gasteiger partial charge in [0.1, 0.15) is 0 Å². The Kier molecular flexibility index (Phi) is 11.0. The Morgan fingerprint density at radius 3 is 1.57 bits per heavy atom. The van der Waals surface area contributed by atoms with Crippen molar-refractivity contribution < 1.29 is 29.2 Å². The molecule has 1 radical (unpaired) electrons. The molecule has 4 aromatic carbocycles. The monoisotopic (exact) mass is 822 g/mol. The van der Waals surface area contributed by atoms with E-state index in [1.54, 1.807) is 13.1 Å². The molecular weight excluding hydrogens is 785 g/mol. The molecule has 0 fully saturated rings. The molecule has 4 aromatic heterocycles. The van der Waals surface area contributed by atoms with Crippen LogP contribution in [0.4, 0.5) is 0 Å². The molecular formula is C40H37IrN8-3. The van der Waals surface area contributed by atoms with E-state index >= 15 is 0 Å². The van der Waals surface area contributed by atoms with Gasteiger partial charge in [-0.15, -0.1) is 0 Å².